The van der Waals surface area contributed by atoms with Gasteiger partial charge in [-0.2, -0.15) is 0 Å². The van der Waals surface area contributed by atoms with Crippen molar-refractivity contribution in [1.29, 1.82) is 0 Å². The lowest BCUT2D eigenvalue weighted by molar-refractivity contribution is -0.133. The number of carbonyl (C=O) groups excluding carboxylic acids is 5. The maximum atomic E-state index is 14.1. The van der Waals surface area contributed by atoms with Crippen LogP contribution in [0.3, 0.4) is 0 Å². The highest BCUT2D eigenvalue weighted by Gasteiger charge is 2.31. The molecular weight excluding hydrogens is 722 g/mol. The summed E-state index contributed by atoms with van der Waals surface area (Å²) in [6.07, 6.45) is 1.03. The van der Waals surface area contributed by atoms with Crippen molar-refractivity contribution in [3.8, 4) is 0 Å². The Morgan fingerprint density at radius 2 is 1.46 bits per heavy atom. The molecule has 2 bridgehead atoms. The van der Waals surface area contributed by atoms with Crippen molar-refractivity contribution in [3.63, 3.8) is 0 Å². The zero-order valence-corrected chi connectivity index (χ0v) is 30.3. The highest BCUT2D eigenvalue weighted by Crippen LogP contribution is 2.19. The number of fused-ring (bicyclic) bond motifs is 2. The number of hydrogen-bond acceptors (Lipinski definition) is 9. The Balaban J connectivity index is 1.45. The first kappa shape index (κ1) is 39.1. The van der Waals surface area contributed by atoms with Gasteiger partial charge in [-0.15, -0.1) is 0 Å². The zero-order chi connectivity index (χ0) is 38.8. The van der Waals surface area contributed by atoms with E-state index in [1.54, 1.807) is 60.7 Å². The number of sulfonamides is 1. The van der Waals surface area contributed by atoms with E-state index in [1.165, 1.54) is 30.0 Å². The van der Waals surface area contributed by atoms with E-state index in [0.29, 0.717) is 0 Å². The number of aromatic nitrogens is 1. The molecule has 1 aromatic heterocycles. The summed E-state index contributed by atoms with van der Waals surface area (Å²) >= 11 is 0. The van der Waals surface area contributed by atoms with Crippen LogP contribution >= 0.6 is 0 Å². The van der Waals surface area contributed by atoms with Crippen LogP contribution in [0.2, 0.25) is 0 Å². The van der Waals surface area contributed by atoms with E-state index in [9.17, 15) is 36.8 Å². The fraction of sp³-hybridized carbons (Fsp3) is 0.297. The van der Waals surface area contributed by atoms with Gasteiger partial charge in [0.1, 0.15) is 30.5 Å². The van der Waals surface area contributed by atoms with Gasteiger partial charge in [-0.1, -0.05) is 71.9 Å². The molecule has 1 aliphatic rings. The lowest BCUT2D eigenvalue weighted by atomic mass is 10.0. The molecule has 1 aliphatic heterocycles. The number of benzene rings is 3. The number of rotatable bonds is 8. The quantitative estimate of drug-likeness (QED) is 0.205. The summed E-state index contributed by atoms with van der Waals surface area (Å²) in [5.74, 6) is -4.13. The number of nitrogens with one attached hydrogen (secondary N) is 4. The highest BCUT2D eigenvalue weighted by molar-refractivity contribution is 7.92. The summed E-state index contributed by atoms with van der Waals surface area (Å²) in [5, 5.41) is 14.5. The summed E-state index contributed by atoms with van der Waals surface area (Å²) in [7, 11) is -4.08. The standard InChI is InChI=1S/C37H40FN7O8S/c1-24-34(47)41-31(19-26-12-7-4-8-13-26)36(49)42-30(18-25-10-5-3-6-11-25)35(48)39-16-17-44(22-29-21-32(43-53-29)37(50)40-24)33(46)23-45(54(2,51)52)28-15-9-14-27(38)20-28/h3-15,20-21,24,30-31H,16-19,22-23H2,1-2H3,(H,39,48)(H,40,50)(H,41,47)(H,42,49)/t24-,30+,31-/m0/s1. The van der Waals surface area contributed by atoms with E-state index >= 15 is 0 Å². The van der Waals surface area contributed by atoms with Crippen LogP contribution in [0, 0.1) is 5.82 Å². The minimum absolute atomic E-state index is 0.0341. The van der Waals surface area contributed by atoms with Gasteiger partial charge < -0.3 is 30.7 Å². The SMILES string of the molecule is C[C@@H]1NC(=O)c2cc(on2)CN(C(=O)CN(c2cccc(F)c2)S(C)(=O)=O)CCNC(=O)[C@@H](Cc2ccccc2)NC(=O)[C@H](Cc2ccccc2)NC1=O. The number of anilines is 1. The van der Waals surface area contributed by atoms with Crippen LogP contribution in [-0.2, 0) is 48.6 Å². The zero-order valence-electron chi connectivity index (χ0n) is 29.5. The second-order valence-corrected chi connectivity index (χ2v) is 14.6. The number of hydrogen-bond donors (Lipinski definition) is 4. The van der Waals surface area contributed by atoms with E-state index in [0.717, 1.165) is 33.8 Å². The molecule has 5 rings (SSSR count). The lowest BCUT2D eigenvalue weighted by Gasteiger charge is -2.28. The molecule has 4 aromatic rings. The molecule has 3 atom stereocenters. The molecule has 0 fully saturated rings. The van der Waals surface area contributed by atoms with Crippen molar-refractivity contribution < 1.29 is 41.3 Å². The van der Waals surface area contributed by atoms with Crippen molar-refractivity contribution in [1.82, 2.24) is 31.3 Å². The van der Waals surface area contributed by atoms with Crippen LogP contribution in [0.15, 0.2) is 95.5 Å². The Morgan fingerprint density at radius 3 is 2.07 bits per heavy atom. The minimum atomic E-state index is -4.08. The average molecular weight is 762 g/mol. The van der Waals surface area contributed by atoms with Gasteiger partial charge in [0.15, 0.2) is 11.5 Å². The van der Waals surface area contributed by atoms with Gasteiger partial charge in [0.05, 0.1) is 18.5 Å². The summed E-state index contributed by atoms with van der Waals surface area (Å²) < 4.78 is 45.7. The number of carbonyl (C=O) groups is 5. The van der Waals surface area contributed by atoms with Crippen LogP contribution in [0.4, 0.5) is 10.1 Å². The van der Waals surface area contributed by atoms with Crippen molar-refractivity contribution >= 4 is 45.2 Å². The van der Waals surface area contributed by atoms with Crippen molar-refractivity contribution in [2.45, 2.75) is 44.4 Å². The molecule has 0 saturated carbocycles. The van der Waals surface area contributed by atoms with E-state index in [-0.39, 0.29) is 49.6 Å². The molecule has 4 N–H and O–H groups in total. The van der Waals surface area contributed by atoms with Crippen LogP contribution < -0.4 is 25.6 Å². The Hall–Kier alpha value is -6.10. The molecular formula is C37H40FN7O8S. The third-order valence-corrected chi connectivity index (χ3v) is 9.66. The fourth-order valence-corrected chi connectivity index (χ4v) is 6.53. The Labute approximate surface area is 311 Å². The van der Waals surface area contributed by atoms with Gasteiger partial charge in [0.25, 0.3) is 5.91 Å². The molecule has 0 radical (unpaired) electrons. The van der Waals surface area contributed by atoms with E-state index in [4.69, 9.17) is 4.52 Å². The first-order chi connectivity index (χ1) is 25.8. The molecule has 0 saturated heterocycles. The topological polar surface area (TPSA) is 200 Å². The van der Waals surface area contributed by atoms with Gasteiger partial charge in [-0.3, -0.25) is 28.3 Å². The monoisotopic (exact) mass is 761 g/mol. The van der Waals surface area contributed by atoms with Crippen LogP contribution in [0.25, 0.3) is 0 Å². The number of halogens is 1. The number of amides is 5. The van der Waals surface area contributed by atoms with E-state index < -0.39 is 70.0 Å². The molecule has 15 nitrogen and oxygen atoms in total. The minimum Gasteiger partial charge on any atom is -0.359 e. The van der Waals surface area contributed by atoms with E-state index in [2.05, 4.69) is 26.4 Å². The van der Waals surface area contributed by atoms with Gasteiger partial charge in [-0.05, 0) is 36.2 Å². The largest absolute Gasteiger partial charge is 0.359 e. The summed E-state index contributed by atoms with van der Waals surface area (Å²) in [6.45, 7) is 0.0379. The molecule has 284 valence electrons. The maximum absolute atomic E-state index is 14.1. The van der Waals surface area contributed by atoms with E-state index in [1.807, 2.05) is 0 Å². The molecule has 0 unspecified atom stereocenters. The average Bonchev–Trinajstić information content (AvgIpc) is 3.61. The van der Waals surface area contributed by atoms with Crippen LogP contribution in [-0.4, -0.2) is 92.0 Å². The second kappa shape index (κ2) is 17.6. The lowest BCUT2D eigenvalue weighted by Crippen LogP contribution is -2.57. The Kier molecular flexibility index (Phi) is 12.8. The molecule has 0 spiro atoms. The third-order valence-electron chi connectivity index (χ3n) is 8.52. The molecule has 54 heavy (non-hydrogen) atoms. The van der Waals surface area contributed by atoms with Crippen molar-refractivity contribution in [2.24, 2.45) is 0 Å². The Morgan fingerprint density at radius 1 is 0.852 bits per heavy atom. The first-order valence-corrected chi connectivity index (χ1v) is 18.9. The normalized spacial score (nSPS) is 19.0. The van der Waals surface area contributed by atoms with Crippen molar-refractivity contribution in [3.05, 3.63) is 119 Å². The van der Waals surface area contributed by atoms with Gasteiger partial charge >= 0.3 is 0 Å². The smallest absolute Gasteiger partial charge is 0.274 e. The Bertz CT molecular complexity index is 2080. The van der Waals surface area contributed by atoms with Crippen LogP contribution in [0.5, 0.6) is 0 Å². The second-order valence-electron chi connectivity index (χ2n) is 12.7. The molecule has 3 aromatic carbocycles. The predicted octanol–water partition coefficient (Wildman–Crippen LogP) is 1.31. The third kappa shape index (κ3) is 10.7. The fourth-order valence-electron chi connectivity index (χ4n) is 5.69. The van der Waals surface area contributed by atoms with Gasteiger partial charge in [-0.25, -0.2) is 12.8 Å². The summed E-state index contributed by atoms with van der Waals surface area (Å²) in [5.41, 5.74) is 1.16. The highest BCUT2D eigenvalue weighted by atomic mass is 32.2. The molecule has 2 heterocycles. The summed E-state index contributed by atoms with van der Waals surface area (Å²) in [4.78, 5) is 69.1. The molecule has 5 amide bonds. The predicted molar refractivity (Wildman–Crippen MR) is 195 cm³/mol. The number of nitrogens with zero attached hydrogens (tertiary/aromatic N) is 3. The first-order valence-electron chi connectivity index (χ1n) is 17.0. The van der Waals surface area contributed by atoms with Gasteiger partial charge in [0.2, 0.25) is 33.7 Å². The van der Waals surface area contributed by atoms with Gasteiger partial charge in [0, 0.05) is 32.0 Å². The van der Waals surface area contributed by atoms with Crippen LogP contribution in [0.1, 0.15) is 34.3 Å². The van der Waals surface area contributed by atoms with Crippen molar-refractivity contribution in [2.75, 3.05) is 30.2 Å². The molecule has 17 heteroatoms. The summed E-state index contributed by atoms with van der Waals surface area (Å²) in [6, 6.07) is 20.5. The molecule has 0 aliphatic carbocycles. The maximum Gasteiger partial charge on any atom is 0.274 e.